The van der Waals surface area contributed by atoms with Crippen LogP contribution < -0.4 is 5.32 Å². The van der Waals surface area contributed by atoms with E-state index in [1.54, 1.807) is 36.8 Å². The van der Waals surface area contributed by atoms with Crippen LogP contribution in [0.25, 0.3) is 28.2 Å². The lowest BCUT2D eigenvalue weighted by Crippen LogP contribution is -2.53. The highest BCUT2D eigenvalue weighted by Gasteiger charge is 2.47. The van der Waals surface area contributed by atoms with Crippen LogP contribution in [0.15, 0.2) is 42.9 Å². The van der Waals surface area contributed by atoms with Crippen molar-refractivity contribution < 1.29 is 15.3 Å². The second-order valence-electron chi connectivity index (χ2n) is 11.7. The second kappa shape index (κ2) is 9.12. The Labute approximate surface area is 225 Å². The van der Waals surface area contributed by atoms with Crippen LogP contribution in [-0.2, 0) is 6.54 Å². The molecule has 2 bridgehead atoms. The molecule has 4 heterocycles. The number of nitrogens with one attached hydrogen (secondary N) is 1. The molecule has 0 radical (unpaired) electrons. The van der Waals surface area contributed by atoms with Gasteiger partial charge >= 0.3 is 0 Å². The van der Waals surface area contributed by atoms with Crippen molar-refractivity contribution in [2.75, 3.05) is 5.32 Å². The molecule has 4 aromatic heterocycles. The Bertz CT molecular complexity index is 1550. The summed E-state index contributed by atoms with van der Waals surface area (Å²) in [5.74, 6) is 0. The maximum atomic E-state index is 10.7. The van der Waals surface area contributed by atoms with E-state index in [0.29, 0.717) is 17.0 Å². The number of aliphatic hydroxyl groups is 3. The van der Waals surface area contributed by atoms with Crippen LogP contribution in [0.1, 0.15) is 57.9 Å². The van der Waals surface area contributed by atoms with Gasteiger partial charge < -0.3 is 20.6 Å². The number of rotatable bonds is 7. The number of hydrogen-bond donors (Lipinski definition) is 4. The zero-order valence-electron chi connectivity index (χ0n) is 22.0. The SMILES string of the molecule is CC(C)(O)[C@H](O)Cn1cc(-c2cnc(-c3ccc4cc(C#N)cnn34)cc2NC23CCC(O)(CC2)CC3)nn1. The molecule has 1 atom stereocenters. The molecule has 202 valence electrons. The van der Waals surface area contributed by atoms with Gasteiger partial charge in [0.05, 0.1) is 52.6 Å². The molecular formula is C28H32N8O3. The number of aliphatic hydroxyl groups excluding tert-OH is 1. The Morgan fingerprint density at radius 2 is 1.85 bits per heavy atom. The highest BCUT2D eigenvalue weighted by Crippen LogP contribution is 2.49. The summed E-state index contributed by atoms with van der Waals surface area (Å²) in [6.07, 6.45) is 8.96. The Kier molecular flexibility index (Phi) is 5.95. The molecule has 3 fully saturated rings. The summed E-state index contributed by atoms with van der Waals surface area (Å²) in [5, 5.41) is 57.2. The Morgan fingerprint density at radius 1 is 1.10 bits per heavy atom. The second-order valence-corrected chi connectivity index (χ2v) is 11.7. The number of aromatic nitrogens is 6. The van der Waals surface area contributed by atoms with E-state index >= 15 is 0 Å². The van der Waals surface area contributed by atoms with E-state index in [-0.39, 0.29) is 12.1 Å². The van der Waals surface area contributed by atoms with Crippen molar-refractivity contribution in [1.29, 1.82) is 5.26 Å². The lowest BCUT2D eigenvalue weighted by atomic mass is 9.63. The molecule has 4 aromatic rings. The maximum Gasteiger partial charge on any atom is 0.116 e. The van der Waals surface area contributed by atoms with Gasteiger partial charge in [0.2, 0.25) is 0 Å². The average molecular weight is 529 g/mol. The first kappa shape index (κ1) is 25.4. The van der Waals surface area contributed by atoms with E-state index in [1.165, 1.54) is 10.9 Å². The van der Waals surface area contributed by atoms with Crippen molar-refractivity contribution in [2.24, 2.45) is 0 Å². The van der Waals surface area contributed by atoms with E-state index < -0.39 is 17.3 Å². The molecule has 3 aliphatic rings. The largest absolute Gasteiger partial charge is 0.390 e. The van der Waals surface area contributed by atoms with E-state index in [1.807, 2.05) is 18.2 Å². The average Bonchev–Trinajstić information content (AvgIpc) is 3.56. The van der Waals surface area contributed by atoms with Gasteiger partial charge in [0.1, 0.15) is 17.9 Å². The van der Waals surface area contributed by atoms with E-state index in [4.69, 9.17) is 4.98 Å². The quantitative estimate of drug-likeness (QED) is 0.283. The molecule has 0 unspecified atom stereocenters. The molecule has 3 aliphatic carbocycles. The molecule has 0 aliphatic heterocycles. The van der Waals surface area contributed by atoms with Crippen molar-refractivity contribution in [3.8, 4) is 28.7 Å². The Morgan fingerprint density at radius 3 is 2.54 bits per heavy atom. The molecule has 0 aromatic carbocycles. The third-order valence-electron chi connectivity index (χ3n) is 8.39. The minimum Gasteiger partial charge on any atom is -0.390 e. The molecule has 0 amide bonds. The predicted molar refractivity (Wildman–Crippen MR) is 143 cm³/mol. The smallest absolute Gasteiger partial charge is 0.116 e. The summed E-state index contributed by atoms with van der Waals surface area (Å²) < 4.78 is 3.28. The topological polar surface area (TPSA) is 157 Å². The van der Waals surface area contributed by atoms with Gasteiger partial charge in [0, 0.05) is 23.0 Å². The summed E-state index contributed by atoms with van der Waals surface area (Å²) in [6.45, 7) is 3.20. The van der Waals surface area contributed by atoms with E-state index in [9.17, 15) is 20.6 Å². The van der Waals surface area contributed by atoms with E-state index in [0.717, 1.165) is 61.0 Å². The summed E-state index contributed by atoms with van der Waals surface area (Å²) in [4.78, 5) is 4.75. The van der Waals surface area contributed by atoms with Crippen molar-refractivity contribution in [1.82, 2.24) is 29.6 Å². The number of fused-ring (bicyclic) bond motifs is 4. The molecule has 7 rings (SSSR count). The van der Waals surface area contributed by atoms with Crippen molar-refractivity contribution >= 4 is 11.2 Å². The molecule has 4 N–H and O–H groups in total. The third kappa shape index (κ3) is 4.76. The minimum atomic E-state index is -1.27. The predicted octanol–water partition coefficient (Wildman–Crippen LogP) is 2.91. The first-order valence-corrected chi connectivity index (χ1v) is 13.3. The number of anilines is 1. The zero-order chi connectivity index (χ0) is 27.4. The molecule has 39 heavy (non-hydrogen) atoms. The fraction of sp³-hybridized carbons (Fsp3) is 0.464. The van der Waals surface area contributed by atoms with Crippen molar-refractivity contribution in [2.45, 2.75) is 81.8 Å². The van der Waals surface area contributed by atoms with Gasteiger partial charge in [-0.2, -0.15) is 10.4 Å². The van der Waals surface area contributed by atoms with Crippen LogP contribution in [0.3, 0.4) is 0 Å². The van der Waals surface area contributed by atoms with Crippen molar-refractivity contribution in [3.05, 3.63) is 48.4 Å². The fourth-order valence-corrected chi connectivity index (χ4v) is 5.71. The lowest BCUT2D eigenvalue weighted by Gasteiger charge is -2.51. The normalized spacial score (nSPS) is 23.6. The number of pyridine rings is 1. The molecule has 11 nitrogen and oxygen atoms in total. The summed E-state index contributed by atoms with van der Waals surface area (Å²) >= 11 is 0. The van der Waals surface area contributed by atoms with Gasteiger partial charge in [-0.1, -0.05) is 5.21 Å². The third-order valence-corrected chi connectivity index (χ3v) is 8.39. The van der Waals surface area contributed by atoms with Gasteiger partial charge in [-0.3, -0.25) is 4.98 Å². The molecular weight excluding hydrogens is 496 g/mol. The van der Waals surface area contributed by atoms with Gasteiger partial charge in [0.15, 0.2) is 0 Å². The van der Waals surface area contributed by atoms with Gasteiger partial charge in [0.25, 0.3) is 0 Å². The maximum absolute atomic E-state index is 10.7. The summed E-state index contributed by atoms with van der Waals surface area (Å²) in [5.41, 5.74) is 3.06. The van der Waals surface area contributed by atoms with Crippen LogP contribution in [0.2, 0.25) is 0 Å². The first-order chi connectivity index (χ1) is 18.6. The van der Waals surface area contributed by atoms with Gasteiger partial charge in [-0.15, -0.1) is 5.10 Å². The zero-order valence-corrected chi connectivity index (χ0v) is 22.0. The van der Waals surface area contributed by atoms with Crippen LogP contribution >= 0.6 is 0 Å². The summed E-state index contributed by atoms with van der Waals surface area (Å²) in [7, 11) is 0. The van der Waals surface area contributed by atoms with Crippen LogP contribution in [0.4, 0.5) is 5.69 Å². The molecule has 11 heteroatoms. The molecule has 0 saturated heterocycles. The lowest BCUT2D eigenvalue weighted by molar-refractivity contribution is -0.0580. The van der Waals surface area contributed by atoms with E-state index in [2.05, 4.69) is 26.8 Å². The summed E-state index contributed by atoms with van der Waals surface area (Å²) in [6, 6.07) is 9.75. The van der Waals surface area contributed by atoms with Crippen LogP contribution in [0.5, 0.6) is 0 Å². The standard InChI is InChI=1S/C28H32N8O3/c1-26(2,38)25(37)17-35-16-23(33-34-35)20-15-30-22(24-4-3-19-11-18(13-29)14-31-36(19)24)12-21(20)32-27-5-8-28(39,9-6-27)10-7-27/h3-4,11-12,14-16,25,37-39H,5-10,17H2,1-2H3,(H,30,32)/t25-,27?,28?/m1/s1. The minimum absolute atomic E-state index is 0.0970. The van der Waals surface area contributed by atoms with Crippen molar-refractivity contribution in [3.63, 3.8) is 0 Å². The monoisotopic (exact) mass is 528 g/mol. The van der Waals surface area contributed by atoms with Crippen LogP contribution in [0, 0.1) is 11.3 Å². The fourth-order valence-electron chi connectivity index (χ4n) is 5.71. The Balaban J connectivity index is 1.39. The number of hydrogen-bond acceptors (Lipinski definition) is 9. The number of nitrogens with zero attached hydrogens (tertiary/aromatic N) is 7. The van der Waals surface area contributed by atoms with Gasteiger partial charge in [-0.05, 0) is 76.6 Å². The van der Waals surface area contributed by atoms with Gasteiger partial charge in [-0.25, -0.2) is 9.20 Å². The highest BCUT2D eigenvalue weighted by molar-refractivity contribution is 5.79. The number of nitriles is 1. The Hall–Kier alpha value is -3.85. The molecule has 0 spiro atoms. The van der Waals surface area contributed by atoms with Crippen LogP contribution in [-0.4, -0.2) is 67.8 Å². The first-order valence-electron chi connectivity index (χ1n) is 13.3. The highest BCUT2D eigenvalue weighted by atomic mass is 16.3. The molecule has 3 saturated carbocycles.